The maximum absolute atomic E-state index is 11.4. The SMILES string of the molecule is NC(=O)C1CCCCN1c1ccc(N)cc1Cl. The molecule has 4 nitrogen and oxygen atoms in total. The van der Waals surface area contributed by atoms with Gasteiger partial charge in [0.25, 0.3) is 0 Å². The number of primary amides is 1. The molecular formula is C12H16ClN3O. The molecule has 1 saturated heterocycles. The molecule has 0 saturated carbocycles. The fourth-order valence-corrected chi connectivity index (χ4v) is 2.57. The third kappa shape index (κ3) is 2.47. The van der Waals surface area contributed by atoms with Crippen LogP contribution in [0.2, 0.25) is 5.02 Å². The highest BCUT2D eigenvalue weighted by Gasteiger charge is 2.28. The number of carbonyl (C=O) groups excluding carboxylic acids is 1. The van der Waals surface area contributed by atoms with Gasteiger partial charge in [-0.2, -0.15) is 0 Å². The van der Waals surface area contributed by atoms with Crippen molar-refractivity contribution >= 4 is 28.9 Å². The average molecular weight is 254 g/mol. The molecule has 1 aromatic rings. The third-order valence-electron chi connectivity index (χ3n) is 3.11. The summed E-state index contributed by atoms with van der Waals surface area (Å²) in [6, 6.07) is 5.07. The van der Waals surface area contributed by atoms with Crippen LogP contribution in [0.15, 0.2) is 18.2 Å². The molecule has 2 rings (SSSR count). The van der Waals surface area contributed by atoms with E-state index >= 15 is 0 Å². The van der Waals surface area contributed by atoms with E-state index in [1.54, 1.807) is 12.1 Å². The Kier molecular flexibility index (Phi) is 3.43. The van der Waals surface area contributed by atoms with Crippen LogP contribution < -0.4 is 16.4 Å². The number of rotatable bonds is 2. The second-order valence-corrected chi connectivity index (χ2v) is 4.73. The fraction of sp³-hybridized carbons (Fsp3) is 0.417. The van der Waals surface area contributed by atoms with Gasteiger partial charge in [-0.3, -0.25) is 4.79 Å². The van der Waals surface area contributed by atoms with E-state index in [-0.39, 0.29) is 11.9 Å². The highest BCUT2D eigenvalue weighted by Crippen LogP contribution is 2.32. The number of benzene rings is 1. The summed E-state index contributed by atoms with van der Waals surface area (Å²) in [7, 11) is 0. The normalized spacial score (nSPS) is 20.3. The third-order valence-corrected chi connectivity index (χ3v) is 3.42. The standard InChI is InChI=1S/C12H16ClN3O/c13-9-7-8(14)4-5-10(9)16-6-2-1-3-11(16)12(15)17/h4-5,7,11H,1-3,6,14H2,(H2,15,17). The van der Waals surface area contributed by atoms with Crippen LogP contribution in [0.5, 0.6) is 0 Å². The molecule has 92 valence electrons. The van der Waals surface area contributed by atoms with Crippen LogP contribution in [0.1, 0.15) is 19.3 Å². The summed E-state index contributed by atoms with van der Waals surface area (Å²) in [6.45, 7) is 0.803. The average Bonchev–Trinajstić information content (AvgIpc) is 2.29. The number of anilines is 2. The number of hydrogen-bond acceptors (Lipinski definition) is 3. The van der Waals surface area contributed by atoms with Crippen molar-refractivity contribution in [3.8, 4) is 0 Å². The first-order chi connectivity index (χ1) is 8.09. The van der Waals surface area contributed by atoms with E-state index in [9.17, 15) is 4.79 Å². The minimum Gasteiger partial charge on any atom is -0.399 e. The lowest BCUT2D eigenvalue weighted by Gasteiger charge is -2.36. The zero-order valence-electron chi connectivity index (χ0n) is 9.53. The molecule has 17 heavy (non-hydrogen) atoms. The summed E-state index contributed by atoms with van der Waals surface area (Å²) in [5.41, 5.74) is 12.5. The monoisotopic (exact) mass is 253 g/mol. The van der Waals surface area contributed by atoms with Gasteiger partial charge in [0.05, 0.1) is 10.7 Å². The first-order valence-electron chi connectivity index (χ1n) is 5.70. The summed E-state index contributed by atoms with van der Waals surface area (Å²) >= 11 is 6.16. The molecule has 1 atom stereocenters. The predicted octanol–water partition coefficient (Wildman–Crippen LogP) is 1.77. The molecule has 0 radical (unpaired) electrons. The molecule has 1 aliphatic heterocycles. The van der Waals surface area contributed by atoms with Gasteiger partial charge in [-0.1, -0.05) is 11.6 Å². The van der Waals surface area contributed by atoms with Gasteiger partial charge in [0, 0.05) is 12.2 Å². The van der Waals surface area contributed by atoms with E-state index in [0.29, 0.717) is 10.7 Å². The number of amides is 1. The summed E-state index contributed by atoms with van der Waals surface area (Å²) < 4.78 is 0. The Morgan fingerprint density at radius 1 is 1.41 bits per heavy atom. The maximum atomic E-state index is 11.4. The van der Waals surface area contributed by atoms with Gasteiger partial charge in [-0.05, 0) is 37.5 Å². The summed E-state index contributed by atoms with van der Waals surface area (Å²) in [4.78, 5) is 13.4. The molecule has 1 heterocycles. The van der Waals surface area contributed by atoms with Gasteiger partial charge >= 0.3 is 0 Å². The number of hydrogen-bond donors (Lipinski definition) is 2. The van der Waals surface area contributed by atoms with Crippen LogP contribution in [-0.4, -0.2) is 18.5 Å². The van der Waals surface area contributed by atoms with E-state index in [2.05, 4.69) is 0 Å². The van der Waals surface area contributed by atoms with E-state index in [4.69, 9.17) is 23.1 Å². The zero-order chi connectivity index (χ0) is 12.4. The quantitative estimate of drug-likeness (QED) is 0.789. The van der Waals surface area contributed by atoms with Crippen molar-refractivity contribution in [2.75, 3.05) is 17.2 Å². The van der Waals surface area contributed by atoms with E-state index in [0.717, 1.165) is 31.5 Å². The number of halogens is 1. The lowest BCUT2D eigenvalue weighted by atomic mass is 10.0. The summed E-state index contributed by atoms with van der Waals surface area (Å²) in [6.07, 6.45) is 2.86. The van der Waals surface area contributed by atoms with Crippen molar-refractivity contribution in [2.24, 2.45) is 5.73 Å². The van der Waals surface area contributed by atoms with Crippen molar-refractivity contribution in [2.45, 2.75) is 25.3 Å². The number of nitrogens with zero attached hydrogens (tertiary/aromatic N) is 1. The van der Waals surface area contributed by atoms with Gasteiger partial charge < -0.3 is 16.4 Å². The molecule has 1 amide bonds. The number of carbonyl (C=O) groups is 1. The van der Waals surface area contributed by atoms with E-state index < -0.39 is 0 Å². The Bertz CT molecular complexity index is 436. The molecule has 0 aromatic heterocycles. The van der Waals surface area contributed by atoms with Gasteiger partial charge in [-0.15, -0.1) is 0 Å². The highest BCUT2D eigenvalue weighted by atomic mass is 35.5. The molecular weight excluding hydrogens is 238 g/mol. The van der Waals surface area contributed by atoms with Crippen LogP contribution in [-0.2, 0) is 4.79 Å². The molecule has 1 fully saturated rings. The number of nitrogen functional groups attached to an aromatic ring is 1. The minimum atomic E-state index is -0.294. The predicted molar refractivity (Wildman–Crippen MR) is 70.0 cm³/mol. The topological polar surface area (TPSA) is 72.4 Å². The first kappa shape index (κ1) is 12.0. The van der Waals surface area contributed by atoms with Crippen molar-refractivity contribution in [1.82, 2.24) is 0 Å². The highest BCUT2D eigenvalue weighted by molar-refractivity contribution is 6.33. The van der Waals surface area contributed by atoms with E-state index in [1.165, 1.54) is 0 Å². The van der Waals surface area contributed by atoms with Crippen LogP contribution in [0.3, 0.4) is 0 Å². The second kappa shape index (κ2) is 4.84. The molecule has 4 N–H and O–H groups in total. The molecule has 0 aliphatic carbocycles. The van der Waals surface area contributed by atoms with Gasteiger partial charge in [0.15, 0.2) is 0 Å². The molecule has 1 aromatic carbocycles. The first-order valence-corrected chi connectivity index (χ1v) is 6.08. The van der Waals surface area contributed by atoms with Crippen LogP contribution >= 0.6 is 11.6 Å². The lowest BCUT2D eigenvalue weighted by molar-refractivity contribution is -0.119. The Morgan fingerprint density at radius 3 is 2.82 bits per heavy atom. The smallest absolute Gasteiger partial charge is 0.240 e. The fourth-order valence-electron chi connectivity index (χ4n) is 2.27. The Morgan fingerprint density at radius 2 is 2.18 bits per heavy atom. The number of piperidine rings is 1. The Labute approximate surface area is 106 Å². The molecule has 1 aliphatic rings. The van der Waals surface area contributed by atoms with Gasteiger partial charge in [-0.25, -0.2) is 0 Å². The van der Waals surface area contributed by atoms with E-state index in [1.807, 2.05) is 11.0 Å². The van der Waals surface area contributed by atoms with Crippen molar-refractivity contribution in [3.63, 3.8) is 0 Å². The van der Waals surface area contributed by atoms with Crippen LogP contribution in [0.25, 0.3) is 0 Å². The van der Waals surface area contributed by atoms with Crippen molar-refractivity contribution < 1.29 is 4.79 Å². The number of nitrogens with two attached hydrogens (primary N) is 2. The van der Waals surface area contributed by atoms with Gasteiger partial charge in [0.2, 0.25) is 5.91 Å². The summed E-state index contributed by atoms with van der Waals surface area (Å²) in [5.74, 6) is -0.294. The largest absolute Gasteiger partial charge is 0.399 e. The Hall–Kier alpha value is -1.42. The van der Waals surface area contributed by atoms with Crippen LogP contribution in [0.4, 0.5) is 11.4 Å². The van der Waals surface area contributed by atoms with Crippen molar-refractivity contribution in [1.29, 1.82) is 0 Å². The lowest BCUT2D eigenvalue weighted by Crippen LogP contribution is -2.48. The molecule has 0 bridgehead atoms. The van der Waals surface area contributed by atoms with Gasteiger partial charge in [0.1, 0.15) is 6.04 Å². The summed E-state index contributed by atoms with van der Waals surface area (Å²) in [5, 5.41) is 0.568. The molecule has 0 spiro atoms. The maximum Gasteiger partial charge on any atom is 0.240 e. The van der Waals surface area contributed by atoms with Crippen molar-refractivity contribution in [3.05, 3.63) is 23.2 Å². The Balaban J connectivity index is 2.32. The second-order valence-electron chi connectivity index (χ2n) is 4.32. The van der Waals surface area contributed by atoms with Crippen LogP contribution in [0, 0.1) is 0 Å². The molecule has 1 unspecified atom stereocenters. The molecule has 5 heteroatoms. The minimum absolute atomic E-state index is 0.259. The zero-order valence-corrected chi connectivity index (χ0v) is 10.3.